The summed E-state index contributed by atoms with van der Waals surface area (Å²) in [5.74, 6) is 0. The maximum Gasteiger partial charge on any atom is 2.00 e. The van der Waals surface area contributed by atoms with Crippen molar-refractivity contribution in [3.63, 3.8) is 0 Å². The number of nitrogens with zero attached hydrogens (tertiary/aromatic N) is 10. The Hall–Kier alpha value is -13.3. The normalized spacial score (nSPS) is 9.84. The Morgan fingerprint density at radius 1 is 0.226 bits per heavy atom. The molecule has 0 radical (unpaired) electrons. The molecule has 10 heterocycles. The first-order valence-electron chi connectivity index (χ1n) is 41.8. The van der Waals surface area contributed by atoms with Gasteiger partial charge in [0.2, 0.25) is 0 Å². The van der Waals surface area contributed by atoms with Crippen LogP contribution in [0.1, 0.15) is 84.6 Å². The van der Waals surface area contributed by atoms with E-state index in [1.807, 2.05) is 364 Å². The second-order valence-electron chi connectivity index (χ2n) is 31.2. The summed E-state index contributed by atoms with van der Waals surface area (Å²) in [6.07, 6.45) is 13.8. The number of allylic oxidation sites excluding steroid dienone is 1. The van der Waals surface area contributed by atoms with Crippen LogP contribution >= 0.6 is 0 Å². The average molecular weight is 1960 g/mol. The molecule has 676 valence electrons. The molecule has 15 heteroatoms. The number of hydrogen-bond acceptors (Lipinski definition) is 10. The van der Waals surface area contributed by atoms with E-state index < -0.39 is 0 Å². The van der Waals surface area contributed by atoms with Crippen LogP contribution in [0.25, 0.3) is 125 Å². The third-order valence-electron chi connectivity index (χ3n) is 18.3. The van der Waals surface area contributed by atoms with Crippen molar-refractivity contribution in [2.24, 2.45) is 5.41 Å². The summed E-state index contributed by atoms with van der Waals surface area (Å²) in [5.41, 5.74) is 23.8. The minimum absolute atomic E-state index is 0. The van der Waals surface area contributed by atoms with Gasteiger partial charge in [0.1, 0.15) is 0 Å². The number of aromatic nitrogens is 10. The minimum atomic E-state index is 0. The van der Waals surface area contributed by atoms with E-state index in [4.69, 9.17) is 19.7 Å². The third kappa shape index (κ3) is 39.7. The van der Waals surface area contributed by atoms with E-state index in [1.165, 1.54) is 11.1 Å². The van der Waals surface area contributed by atoms with Crippen LogP contribution in [0.5, 0.6) is 0 Å². The van der Waals surface area contributed by atoms with Gasteiger partial charge in [-0.15, -0.1) is 204 Å². The van der Waals surface area contributed by atoms with Crippen LogP contribution in [0.15, 0.2) is 426 Å². The second-order valence-corrected chi connectivity index (χ2v) is 31.2. The van der Waals surface area contributed by atoms with Crippen molar-refractivity contribution in [3.05, 3.63) is 511 Å². The van der Waals surface area contributed by atoms with Crippen LogP contribution in [-0.2, 0) is 93.3 Å². The third-order valence-corrected chi connectivity index (χ3v) is 18.3. The van der Waals surface area contributed by atoms with E-state index in [1.54, 1.807) is 49.2 Å². The first-order chi connectivity index (χ1) is 62.3. The Morgan fingerprint density at radius 3 is 0.594 bits per heavy atom. The van der Waals surface area contributed by atoms with Crippen molar-refractivity contribution in [2.75, 3.05) is 0 Å². The monoisotopic (exact) mass is 1950 g/mol. The van der Waals surface area contributed by atoms with Crippen LogP contribution in [-0.4, -0.2) is 49.8 Å². The molecule has 0 N–H and O–H groups in total. The molecule has 0 aliphatic carbocycles. The SMILES string of the molecule is [CH-]=C.[CH-]=CC(C)(C)C.[CH-]=Cc1cc(C(C)(C)C)cc(C(C)(C)C)c1.[CH-]=Cc1ccccc1.[Ni+2].[Ni+2].[Ni+2].[Ni+2].[Ni+2].[c-]1ccccc1.[c-]1ccccc1-c1cccc(-c2ccccn2)n1.[c-]1ccccc1-c1cccc(-c2ccccn2)n1.[c-]1ccccc1-c1cccc(-c2ccccn2)n1.[c-]1ccccc1-c1cccc(-c2ccccn2)n1.[c-]1ccccc1-c1cccc(-c2ccccn2)n1. The fourth-order valence-electron chi connectivity index (χ4n) is 11.5. The fourth-order valence-corrected chi connectivity index (χ4v) is 11.5. The Labute approximate surface area is 839 Å². The van der Waals surface area contributed by atoms with Gasteiger partial charge in [0.05, 0.1) is 56.9 Å². The zero-order valence-corrected chi connectivity index (χ0v) is 80.5. The molecule has 0 bridgehead atoms. The maximum atomic E-state index is 5.65. The van der Waals surface area contributed by atoms with Crippen LogP contribution in [0.3, 0.4) is 0 Å². The maximum absolute atomic E-state index is 5.65. The van der Waals surface area contributed by atoms with Gasteiger partial charge in [-0.25, -0.2) is 12.2 Å². The summed E-state index contributed by atoms with van der Waals surface area (Å²) in [6.45, 7) is 42.6. The van der Waals surface area contributed by atoms with Gasteiger partial charge >= 0.3 is 82.5 Å². The van der Waals surface area contributed by atoms with Crippen LogP contribution in [0, 0.1) is 68.1 Å². The summed E-state index contributed by atoms with van der Waals surface area (Å²) < 4.78 is 0. The van der Waals surface area contributed by atoms with Gasteiger partial charge in [0, 0.05) is 31.0 Å². The van der Waals surface area contributed by atoms with Crippen molar-refractivity contribution >= 4 is 12.2 Å². The van der Waals surface area contributed by atoms with Gasteiger partial charge < -0.3 is 13.2 Å². The Kier molecular flexibility index (Phi) is 51.7. The molecule has 0 saturated carbocycles. The van der Waals surface area contributed by atoms with Gasteiger partial charge in [-0.3, -0.25) is 75.7 Å². The summed E-state index contributed by atoms with van der Waals surface area (Å²) in [7, 11) is 0. The fraction of sp³-hybridized carbons (Fsp3) is 0.102. The molecule has 10 nitrogen and oxygen atoms in total. The Balaban J connectivity index is 0.000000317. The quantitative estimate of drug-likeness (QED) is 0.0861. The molecule has 0 saturated heterocycles. The average Bonchev–Trinajstić information content (AvgIpc) is 0.804. The summed E-state index contributed by atoms with van der Waals surface area (Å²) >= 11 is 0. The van der Waals surface area contributed by atoms with Gasteiger partial charge in [0.15, 0.2) is 0 Å². The topological polar surface area (TPSA) is 129 Å². The predicted octanol–water partition coefficient (Wildman–Crippen LogP) is 29.0. The summed E-state index contributed by atoms with van der Waals surface area (Å²) in [5, 5.41) is 0. The first-order valence-corrected chi connectivity index (χ1v) is 41.8. The predicted molar refractivity (Wildman–Crippen MR) is 530 cm³/mol. The molecule has 0 aliphatic rings. The molecule has 133 heavy (non-hydrogen) atoms. The molecule has 18 aromatic rings. The first kappa shape index (κ1) is 112. The largest absolute Gasteiger partial charge is 2.00 e. The van der Waals surface area contributed by atoms with Crippen molar-refractivity contribution in [1.82, 2.24) is 49.8 Å². The molecule has 0 spiro atoms. The zero-order valence-electron chi connectivity index (χ0n) is 75.6. The smallest absolute Gasteiger partial charge is 0.521 e. The standard InChI is InChI=1S/5C16H11N2.C16H23.C8H7.C6H5.C6H11.C2H3.5Ni/c5*1-2-7-13(8-3-1)14-10-6-11-16(18-14)15-9-4-5-12-17-15;1-8-12-9-13(15(2,3)4)11-14(10-12)16(5,6)7;1-2-8-6-4-3-5-7-8;1-2-4-6-5-3-1;1-5-6(2,3)4;1-2;;;;;/h5*1-7,9-12H;1,8-11H,2-7H3;1-7H;1-5H;1,5H,2-4H3;1H,2H2;;;;;/q10*-1;5*+2. The van der Waals surface area contributed by atoms with E-state index in [2.05, 4.69) is 180 Å². The van der Waals surface area contributed by atoms with E-state index in [0.29, 0.717) is 0 Å². The Morgan fingerprint density at radius 2 is 0.429 bits per heavy atom. The second kappa shape index (κ2) is 61.4. The van der Waals surface area contributed by atoms with E-state index in [0.717, 1.165) is 124 Å². The molecular weight excluding hydrogens is 1850 g/mol. The number of rotatable bonds is 12. The molecule has 0 unspecified atom stereocenters. The van der Waals surface area contributed by atoms with E-state index >= 15 is 0 Å². The van der Waals surface area contributed by atoms with E-state index in [9.17, 15) is 0 Å². The van der Waals surface area contributed by atoms with Crippen molar-refractivity contribution < 1.29 is 82.5 Å². The molecule has 10 aromatic heterocycles. The molecule has 18 rings (SSSR count). The number of pyridine rings is 10. The summed E-state index contributed by atoms with van der Waals surface area (Å²) in [4.78, 5) is 44.7. The van der Waals surface area contributed by atoms with Crippen molar-refractivity contribution in [3.8, 4) is 113 Å². The molecular formula is C118H104N10Ni5. The number of benzene rings is 8. The van der Waals surface area contributed by atoms with Gasteiger partial charge in [-0.1, -0.05) is 194 Å². The molecule has 0 aliphatic heterocycles. The van der Waals surface area contributed by atoms with Crippen molar-refractivity contribution in [1.29, 1.82) is 0 Å². The molecule has 0 amide bonds. The number of hydrogen-bond donors (Lipinski definition) is 0. The molecule has 8 aromatic carbocycles. The van der Waals surface area contributed by atoms with Crippen LogP contribution < -0.4 is 0 Å². The molecule has 0 fully saturated rings. The zero-order chi connectivity index (χ0) is 90.9. The molecule has 0 atom stereocenters. The van der Waals surface area contributed by atoms with Gasteiger partial charge in [-0.2, -0.15) is 47.5 Å². The van der Waals surface area contributed by atoms with Crippen LogP contribution in [0.4, 0.5) is 0 Å². The van der Waals surface area contributed by atoms with Gasteiger partial charge in [-0.05, 0) is 130 Å². The Bertz CT molecular complexity index is 5170. The van der Waals surface area contributed by atoms with Crippen LogP contribution in [0.2, 0.25) is 0 Å². The summed E-state index contributed by atoms with van der Waals surface area (Å²) in [6, 6.07) is 143. The van der Waals surface area contributed by atoms with Crippen molar-refractivity contribution in [2.45, 2.75) is 73.1 Å². The minimum Gasteiger partial charge on any atom is -0.521 e. The van der Waals surface area contributed by atoms with E-state index in [-0.39, 0.29) is 98.7 Å². The van der Waals surface area contributed by atoms with Gasteiger partial charge in [0.25, 0.3) is 0 Å².